The van der Waals surface area contributed by atoms with Crippen LogP contribution in [-0.2, 0) is 11.2 Å². The van der Waals surface area contributed by atoms with E-state index < -0.39 is 5.82 Å². The summed E-state index contributed by atoms with van der Waals surface area (Å²) in [6, 6.07) is 12.2. The molecule has 1 amide bonds. The molecule has 2 aromatic carbocycles. The molecule has 1 aliphatic rings. The number of hydrogen-bond acceptors (Lipinski definition) is 3. The van der Waals surface area contributed by atoms with E-state index in [1.54, 1.807) is 6.07 Å². The molecule has 1 saturated heterocycles. The number of benzene rings is 2. The third-order valence-electron chi connectivity index (χ3n) is 3.52. The van der Waals surface area contributed by atoms with Gasteiger partial charge in [0.05, 0.1) is 15.6 Å². The third-order valence-corrected chi connectivity index (χ3v) is 4.76. The van der Waals surface area contributed by atoms with Gasteiger partial charge in [-0.2, -0.15) is 0 Å². The van der Waals surface area contributed by atoms with E-state index in [4.69, 9.17) is 11.6 Å². The van der Waals surface area contributed by atoms with Crippen molar-refractivity contribution in [2.24, 2.45) is 4.99 Å². The van der Waals surface area contributed by atoms with E-state index in [1.807, 2.05) is 31.2 Å². The van der Waals surface area contributed by atoms with Crippen LogP contribution in [0.1, 0.15) is 18.1 Å². The molecular formula is C18H14ClFN2OS. The number of amidine groups is 1. The molecule has 0 radical (unpaired) electrons. The summed E-state index contributed by atoms with van der Waals surface area (Å²) in [5.41, 5.74) is 2.11. The Hall–Kier alpha value is -2.11. The predicted molar refractivity (Wildman–Crippen MR) is 98.0 cm³/mol. The number of thioether (sulfide) groups is 1. The number of carbonyl (C=O) groups excluding carboxylic acids is 1. The van der Waals surface area contributed by atoms with Crippen LogP contribution >= 0.6 is 23.4 Å². The van der Waals surface area contributed by atoms with Gasteiger partial charge in [-0.3, -0.25) is 4.79 Å². The maximum absolute atomic E-state index is 13.9. The van der Waals surface area contributed by atoms with E-state index >= 15 is 0 Å². The van der Waals surface area contributed by atoms with Gasteiger partial charge in [-0.05, 0) is 48.0 Å². The van der Waals surface area contributed by atoms with E-state index in [1.165, 1.54) is 30.0 Å². The van der Waals surface area contributed by atoms with Gasteiger partial charge in [0.25, 0.3) is 5.91 Å². The van der Waals surface area contributed by atoms with Gasteiger partial charge in [0, 0.05) is 5.56 Å². The molecule has 0 bridgehead atoms. The number of aryl methyl sites for hydroxylation is 1. The molecule has 0 unspecified atom stereocenters. The number of halogens is 2. The van der Waals surface area contributed by atoms with Crippen LogP contribution in [0, 0.1) is 5.82 Å². The Balaban J connectivity index is 1.91. The van der Waals surface area contributed by atoms with Crippen molar-refractivity contribution in [2.75, 3.05) is 0 Å². The van der Waals surface area contributed by atoms with Gasteiger partial charge < -0.3 is 5.32 Å². The number of carbonyl (C=O) groups is 1. The molecule has 2 aromatic rings. The summed E-state index contributed by atoms with van der Waals surface area (Å²) in [5.74, 6) is -0.780. The lowest BCUT2D eigenvalue weighted by atomic mass is 10.1. The first-order chi connectivity index (χ1) is 11.6. The zero-order valence-electron chi connectivity index (χ0n) is 12.8. The second kappa shape index (κ2) is 7.20. The average Bonchev–Trinajstić information content (AvgIpc) is 2.91. The first-order valence-electron chi connectivity index (χ1n) is 7.40. The maximum atomic E-state index is 13.9. The lowest BCUT2D eigenvalue weighted by molar-refractivity contribution is -0.115. The number of hydrogen-bond donors (Lipinski definition) is 1. The Morgan fingerprint density at radius 3 is 2.79 bits per heavy atom. The summed E-state index contributed by atoms with van der Waals surface area (Å²) < 4.78 is 13.9. The van der Waals surface area contributed by atoms with Crippen LogP contribution in [-0.4, -0.2) is 11.1 Å². The molecule has 24 heavy (non-hydrogen) atoms. The summed E-state index contributed by atoms with van der Waals surface area (Å²) in [4.78, 5) is 17.0. The molecule has 0 atom stereocenters. The summed E-state index contributed by atoms with van der Waals surface area (Å²) in [7, 11) is 0. The highest BCUT2D eigenvalue weighted by atomic mass is 35.5. The fraction of sp³-hybridized carbons (Fsp3) is 0.111. The Morgan fingerprint density at radius 2 is 2.04 bits per heavy atom. The van der Waals surface area contributed by atoms with Gasteiger partial charge >= 0.3 is 0 Å². The van der Waals surface area contributed by atoms with Gasteiger partial charge in [-0.25, -0.2) is 9.38 Å². The molecule has 6 heteroatoms. The normalized spacial score (nSPS) is 17.5. The Kier molecular flexibility index (Phi) is 5.02. The highest BCUT2D eigenvalue weighted by Gasteiger charge is 2.24. The van der Waals surface area contributed by atoms with Crippen molar-refractivity contribution in [2.45, 2.75) is 13.3 Å². The van der Waals surface area contributed by atoms with Crippen molar-refractivity contribution in [1.29, 1.82) is 0 Å². The summed E-state index contributed by atoms with van der Waals surface area (Å²) >= 11 is 7.18. The summed E-state index contributed by atoms with van der Waals surface area (Å²) in [6.45, 7) is 2.05. The topological polar surface area (TPSA) is 41.5 Å². The van der Waals surface area contributed by atoms with Crippen LogP contribution < -0.4 is 5.32 Å². The molecular weight excluding hydrogens is 347 g/mol. The second-order valence-corrected chi connectivity index (χ2v) is 6.54. The van der Waals surface area contributed by atoms with Gasteiger partial charge in [0.1, 0.15) is 5.82 Å². The van der Waals surface area contributed by atoms with Crippen molar-refractivity contribution in [3.63, 3.8) is 0 Å². The second-order valence-electron chi connectivity index (χ2n) is 5.10. The molecule has 1 fully saturated rings. The van der Waals surface area contributed by atoms with Crippen LogP contribution in [0.15, 0.2) is 52.4 Å². The van der Waals surface area contributed by atoms with Crippen LogP contribution in [0.25, 0.3) is 6.08 Å². The first kappa shape index (κ1) is 16.7. The molecule has 0 aliphatic carbocycles. The summed E-state index contributed by atoms with van der Waals surface area (Å²) in [6.07, 6.45) is 2.30. The minimum atomic E-state index is -0.467. The smallest absolute Gasteiger partial charge is 0.264 e. The lowest BCUT2D eigenvalue weighted by Gasteiger charge is -2.02. The van der Waals surface area contributed by atoms with Gasteiger partial charge in [-0.15, -0.1) is 0 Å². The molecule has 0 saturated carbocycles. The largest absolute Gasteiger partial charge is 0.300 e. The first-order valence-corrected chi connectivity index (χ1v) is 8.59. The SMILES string of the molecule is CCc1ccccc1N=C1NC(=O)/C(=C/c2c(F)cccc2Cl)S1. The van der Waals surface area contributed by atoms with Gasteiger partial charge in [0.2, 0.25) is 0 Å². The molecule has 0 spiro atoms. The molecule has 1 heterocycles. The van der Waals surface area contributed by atoms with Gasteiger partial charge in [0.15, 0.2) is 5.17 Å². The zero-order valence-corrected chi connectivity index (χ0v) is 14.4. The van der Waals surface area contributed by atoms with Crippen molar-refractivity contribution in [3.05, 3.63) is 69.3 Å². The number of nitrogens with one attached hydrogen (secondary N) is 1. The molecule has 1 aliphatic heterocycles. The number of aliphatic imine (C=N–C) groups is 1. The molecule has 0 aromatic heterocycles. The van der Waals surface area contributed by atoms with Crippen molar-refractivity contribution >= 4 is 46.2 Å². The molecule has 3 rings (SSSR count). The number of para-hydroxylation sites is 1. The van der Waals surface area contributed by atoms with E-state index in [2.05, 4.69) is 10.3 Å². The molecule has 122 valence electrons. The minimum absolute atomic E-state index is 0.201. The van der Waals surface area contributed by atoms with Crippen molar-refractivity contribution in [3.8, 4) is 0 Å². The number of rotatable bonds is 3. The van der Waals surface area contributed by atoms with Crippen LogP contribution in [0.3, 0.4) is 0 Å². The van der Waals surface area contributed by atoms with Crippen LogP contribution in [0.2, 0.25) is 5.02 Å². The highest BCUT2D eigenvalue weighted by Crippen LogP contribution is 2.31. The Morgan fingerprint density at radius 1 is 1.25 bits per heavy atom. The fourth-order valence-corrected chi connectivity index (χ4v) is 3.32. The maximum Gasteiger partial charge on any atom is 0.264 e. The standard InChI is InChI=1S/C18H14ClFN2OS/c1-2-11-6-3-4-9-15(11)21-18-22-17(23)16(24-18)10-12-13(19)7-5-8-14(12)20/h3-10H,2H2,1H3,(H,21,22,23)/b16-10-. The monoisotopic (exact) mass is 360 g/mol. The Labute approximate surface area is 148 Å². The zero-order chi connectivity index (χ0) is 17.1. The van der Waals surface area contributed by atoms with E-state index in [-0.39, 0.29) is 16.5 Å². The van der Waals surface area contributed by atoms with Crippen LogP contribution in [0.5, 0.6) is 0 Å². The van der Waals surface area contributed by atoms with E-state index in [0.717, 1.165) is 17.7 Å². The average molecular weight is 361 g/mol. The van der Waals surface area contributed by atoms with Crippen molar-refractivity contribution < 1.29 is 9.18 Å². The predicted octanol–water partition coefficient (Wildman–Crippen LogP) is 4.93. The van der Waals surface area contributed by atoms with Crippen LogP contribution in [0.4, 0.5) is 10.1 Å². The van der Waals surface area contributed by atoms with Crippen molar-refractivity contribution in [1.82, 2.24) is 5.32 Å². The minimum Gasteiger partial charge on any atom is -0.300 e. The quantitative estimate of drug-likeness (QED) is 0.788. The number of nitrogens with zero attached hydrogens (tertiary/aromatic N) is 1. The Bertz CT molecular complexity index is 844. The van der Waals surface area contributed by atoms with Gasteiger partial charge in [-0.1, -0.05) is 42.8 Å². The lowest BCUT2D eigenvalue weighted by Crippen LogP contribution is -2.19. The molecule has 3 nitrogen and oxygen atoms in total. The third kappa shape index (κ3) is 3.52. The van der Waals surface area contributed by atoms with E-state index in [9.17, 15) is 9.18 Å². The number of amides is 1. The van der Waals surface area contributed by atoms with E-state index in [0.29, 0.717) is 10.1 Å². The fourth-order valence-electron chi connectivity index (χ4n) is 2.29. The highest BCUT2D eigenvalue weighted by molar-refractivity contribution is 8.18. The molecule has 1 N–H and O–H groups in total. The summed E-state index contributed by atoms with van der Waals surface area (Å²) in [5, 5.41) is 3.44.